The van der Waals surface area contributed by atoms with Crippen LogP contribution in [-0.2, 0) is 6.54 Å². The number of fused-ring (bicyclic) bond motifs is 3. The molecule has 5 heteroatoms. The number of aromatic nitrogens is 1. The van der Waals surface area contributed by atoms with Crippen LogP contribution in [0.1, 0.15) is 37.7 Å². The van der Waals surface area contributed by atoms with Crippen molar-refractivity contribution < 1.29 is 14.8 Å². The molecule has 132 valence electrons. The average molecular weight is 357 g/mol. The van der Waals surface area contributed by atoms with Crippen LogP contribution in [0.4, 0.5) is 5.13 Å². The molecule has 0 bridgehead atoms. The second-order valence-corrected chi connectivity index (χ2v) is 7.96. The SMILES string of the molecule is Cc1c(O)c2ccccc2c2c1sc(NC1CCCCC1)[n+]2CCO. The van der Waals surface area contributed by atoms with E-state index in [4.69, 9.17) is 0 Å². The van der Waals surface area contributed by atoms with Crippen molar-refractivity contribution in [1.29, 1.82) is 0 Å². The molecule has 1 aliphatic carbocycles. The minimum Gasteiger partial charge on any atom is -0.507 e. The maximum Gasteiger partial charge on any atom is 0.335 e. The lowest BCUT2D eigenvalue weighted by Gasteiger charge is -2.18. The van der Waals surface area contributed by atoms with Crippen molar-refractivity contribution in [3.8, 4) is 5.75 Å². The van der Waals surface area contributed by atoms with Gasteiger partial charge in [-0.25, -0.2) is 4.57 Å². The van der Waals surface area contributed by atoms with Gasteiger partial charge in [0, 0.05) is 16.3 Å². The van der Waals surface area contributed by atoms with Crippen molar-refractivity contribution in [3.63, 3.8) is 0 Å². The first-order valence-corrected chi connectivity index (χ1v) is 9.96. The van der Waals surface area contributed by atoms with Gasteiger partial charge in [-0.15, -0.1) is 0 Å². The second kappa shape index (κ2) is 6.81. The molecule has 3 N–H and O–H groups in total. The Morgan fingerprint density at radius 3 is 2.60 bits per heavy atom. The molecule has 25 heavy (non-hydrogen) atoms. The highest BCUT2D eigenvalue weighted by molar-refractivity contribution is 7.22. The van der Waals surface area contributed by atoms with Gasteiger partial charge in [0.2, 0.25) is 0 Å². The number of hydrogen-bond donors (Lipinski definition) is 3. The molecule has 1 aromatic heterocycles. The Bertz CT molecular complexity index is 913. The van der Waals surface area contributed by atoms with Crippen LogP contribution in [0.25, 0.3) is 21.0 Å². The number of hydrogen-bond acceptors (Lipinski definition) is 4. The summed E-state index contributed by atoms with van der Waals surface area (Å²) >= 11 is 1.69. The summed E-state index contributed by atoms with van der Waals surface area (Å²) < 4.78 is 3.30. The van der Waals surface area contributed by atoms with Crippen LogP contribution < -0.4 is 9.88 Å². The summed E-state index contributed by atoms with van der Waals surface area (Å²) in [5.41, 5.74) is 2.03. The number of thiazole rings is 1. The van der Waals surface area contributed by atoms with E-state index in [1.54, 1.807) is 11.3 Å². The van der Waals surface area contributed by atoms with Gasteiger partial charge in [-0.1, -0.05) is 24.6 Å². The topological polar surface area (TPSA) is 56.4 Å². The number of phenols is 1. The maximum absolute atomic E-state index is 10.6. The largest absolute Gasteiger partial charge is 0.507 e. The fraction of sp³-hybridized carbons (Fsp3) is 0.450. The fourth-order valence-corrected chi connectivity index (χ4v) is 5.27. The third kappa shape index (κ3) is 2.85. The number of benzene rings is 2. The van der Waals surface area contributed by atoms with Crippen LogP contribution in [0, 0.1) is 6.92 Å². The first kappa shape index (κ1) is 16.6. The zero-order valence-electron chi connectivity index (χ0n) is 14.6. The summed E-state index contributed by atoms with van der Waals surface area (Å²) in [7, 11) is 0. The van der Waals surface area contributed by atoms with Gasteiger partial charge in [0.25, 0.3) is 0 Å². The second-order valence-electron chi connectivity index (χ2n) is 6.96. The van der Waals surface area contributed by atoms with Crippen molar-refractivity contribution in [2.75, 3.05) is 11.9 Å². The molecular weight excluding hydrogens is 332 g/mol. The monoisotopic (exact) mass is 357 g/mol. The maximum atomic E-state index is 10.6. The Morgan fingerprint density at radius 1 is 1.16 bits per heavy atom. The molecule has 0 aliphatic heterocycles. The Balaban J connectivity index is 1.92. The Morgan fingerprint density at radius 2 is 1.88 bits per heavy atom. The van der Waals surface area contributed by atoms with Crippen molar-refractivity contribution in [2.24, 2.45) is 0 Å². The molecular formula is C20H25N2O2S+. The number of aliphatic hydroxyl groups is 1. The summed E-state index contributed by atoms with van der Waals surface area (Å²) in [4.78, 5) is 0. The van der Waals surface area contributed by atoms with Crippen LogP contribution >= 0.6 is 11.3 Å². The summed E-state index contributed by atoms with van der Waals surface area (Å²) in [6, 6.07) is 8.49. The molecule has 0 spiro atoms. The highest BCUT2D eigenvalue weighted by Gasteiger charge is 2.27. The van der Waals surface area contributed by atoms with Gasteiger partial charge in [0.05, 0.1) is 17.3 Å². The molecule has 0 atom stereocenters. The highest BCUT2D eigenvalue weighted by atomic mass is 32.1. The number of anilines is 1. The quantitative estimate of drug-likeness (QED) is 0.616. The number of aliphatic hydroxyl groups excluding tert-OH is 1. The standard InChI is InChI=1S/C20H24N2O2S/c1-13-18(24)16-10-6-5-9-15(16)17-19(13)25-20(22(17)11-12-23)21-14-7-3-2-4-8-14/h5-6,9-10,14,23-24H,2-4,7-8,11-12H2,1H3/p+1. The molecule has 0 unspecified atom stereocenters. The van der Waals surface area contributed by atoms with Crippen LogP contribution in [0.5, 0.6) is 5.75 Å². The number of nitrogens with zero attached hydrogens (tertiary/aromatic N) is 1. The molecule has 2 aromatic carbocycles. The number of rotatable bonds is 4. The van der Waals surface area contributed by atoms with Crippen molar-refractivity contribution in [1.82, 2.24) is 0 Å². The predicted octanol–water partition coefficient (Wildman–Crippen LogP) is 4.09. The van der Waals surface area contributed by atoms with E-state index in [2.05, 4.69) is 16.0 Å². The number of aryl methyl sites for hydroxylation is 1. The van der Waals surface area contributed by atoms with E-state index in [9.17, 15) is 10.2 Å². The van der Waals surface area contributed by atoms with Gasteiger partial charge in [-0.3, -0.25) is 5.32 Å². The smallest absolute Gasteiger partial charge is 0.335 e. The Kier molecular flexibility index (Phi) is 4.52. The van der Waals surface area contributed by atoms with Gasteiger partial charge >= 0.3 is 5.13 Å². The normalized spacial score (nSPS) is 15.9. The summed E-state index contributed by atoms with van der Waals surface area (Å²) in [5.74, 6) is 0.365. The molecule has 1 fully saturated rings. The van der Waals surface area contributed by atoms with Crippen molar-refractivity contribution in [3.05, 3.63) is 29.8 Å². The van der Waals surface area contributed by atoms with Gasteiger partial charge in [-0.05, 0) is 50.0 Å². The molecule has 0 amide bonds. The minimum atomic E-state index is 0.101. The highest BCUT2D eigenvalue weighted by Crippen LogP contribution is 2.40. The van der Waals surface area contributed by atoms with E-state index < -0.39 is 0 Å². The van der Waals surface area contributed by atoms with Gasteiger partial charge in [0.15, 0.2) is 5.52 Å². The summed E-state index contributed by atoms with van der Waals surface area (Å²) in [6.07, 6.45) is 6.31. The lowest BCUT2D eigenvalue weighted by molar-refractivity contribution is -0.654. The summed E-state index contributed by atoms with van der Waals surface area (Å²) in [6.45, 7) is 2.64. The lowest BCUT2D eigenvalue weighted by Crippen LogP contribution is -2.39. The molecule has 0 saturated heterocycles. The molecule has 1 heterocycles. The van der Waals surface area contributed by atoms with Gasteiger partial charge in [-0.2, -0.15) is 0 Å². The van der Waals surface area contributed by atoms with E-state index in [1.807, 2.05) is 25.1 Å². The average Bonchev–Trinajstić information content (AvgIpc) is 2.99. The van der Waals surface area contributed by atoms with E-state index in [0.29, 0.717) is 18.3 Å². The Labute approximate surface area is 151 Å². The van der Waals surface area contributed by atoms with Crippen LogP contribution in [-0.4, -0.2) is 22.9 Å². The zero-order valence-corrected chi connectivity index (χ0v) is 15.4. The van der Waals surface area contributed by atoms with Crippen LogP contribution in [0.15, 0.2) is 24.3 Å². The Hall–Kier alpha value is -1.85. The van der Waals surface area contributed by atoms with Gasteiger partial charge in [0.1, 0.15) is 12.3 Å². The molecule has 4 rings (SSSR count). The predicted molar refractivity (Wildman–Crippen MR) is 104 cm³/mol. The number of phenolic OH excluding ortho intramolecular Hbond substituents is 1. The molecule has 1 aliphatic rings. The molecule has 0 radical (unpaired) electrons. The fourth-order valence-electron chi connectivity index (χ4n) is 3.99. The van der Waals surface area contributed by atoms with Crippen LogP contribution in [0.3, 0.4) is 0 Å². The van der Waals surface area contributed by atoms with E-state index in [-0.39, 0.29) is 6.61 Å². The van der Waals surface area contributed by atoms with Crippen LogP contribution in [0.2, 0.25) is 0 Å². The van der Waals surface area contributed by atoms with Crippen molar-refractivity contribution in [2.45, 2.75) is 51.6 Å². The number of nitrogens with one attached hydrogen (secondary N) is 1. The van der Waals surface area contributed by atoms with Crippen molar-refractivity contribution >= 4 is 37.5 Å². The first-order chi connectivity index (χ1) is 12.2. The van der Waals surface area contributed by atoms with E-state index in [0.717, 1.165) is 31.7 Å². The third-order valence-corrected chi connectivity index (χ3v) is 6.55. The first-order valence-electron chi connectivity index (χ1n) is 9.14. The summed E-state index contributed by atoms with van der Waals surface area (Å²) in [5, 5.41) is 27.0. The van der Waals surface area contributed by atoms with E-state index in [1.165, 1.54) is 32.1 Å². The lowest BCUT2D eigenvalue weighted by atomic mass is 9.96. The third-order valence-electron chi connectivity index (χ3n) is 5.32. The molecule has 4 nitrogen and oxygen atoms in total. The van der Waals surface area contributed by atoms with Gasteiger partial charge < -0.3 is 10.2 Å². The number of aromatic hydroxyl groups is 1. The molecule has 3 aromatic rings. The molecule has 1 saturated carbocycles. The minimum absolute atomic E-state index is 0.101. The van der Waals surface area contributed by atoms with E-state index >= 15 is 0 Å². The zero-order chi connectivity index (χ0) is 17.4.